The molecule has 1 aromatic carbocycles. The summed E-state index contributed by atoms with van der Waals surface area (Å²) < 4.78 is 1.94. The second-order valence-corrected chi connectivity index (χ2v) is 5.18. The molecule has 20 heavy (non-hydrogen) atoms. The van der Waals surface area contributed by atoms with Crippen LogP contribution in [0.25, 0.3) is 5.69 Å². The van der Waals surface area contributed by atoms with Crippen molar-refractivity contribution in [3.8, 4) is 5.69 Å². The Hall–Kier alpha value is -2.30. The smallest absolute Gasteiger partial charge is 0.315 e. The molecule has 2 N–H and O–H groups in total. The molecule has 0 aliphatic heterocycles. The molecular formula is C15H18N4O. The summed E-state index contributed by atoms with van der Waals surface area (Å²) in [7, 11) is 0. The van der Waals surface area contributed by atoms with Crippen LogP contribution >= 0.6 is 0 Å². The van der Waals surface area contributed by atoms with Crippen LogP contribution in [-0.2, 0) is 0 Å². The fourth-order valence-electron chi connectivity index (χ4n) is 2.10. The molecule has 1 unspecified atom stereocenters. The minimum absolute atomic E-state index is 0.0304. The predicted octanol–water partition coefficient (Wildman–Crippen LogP) is 2.39. The van der Waals surface area contributed by atoms with Gasteiger partial charge in [-0.1, -0.05) is 12.1 Å². The van der Waals surface area contributed by atoms with Crippen molar-refractivity contribution in [2.75, 3.05) is 0 Å². The highest BCUT2D eigenvalue weighted by atomic mass is 16.2. The van der Waals surface area contributed by atoms with Gasteiger partial charge in [0.2, 0.25) is 0 Å². The zero-order chi connectivity index (χ0) is 13.9. The Kier molecular flexibility index (Phi) is 3.41. The maximum absolute atomic E-state index is 11.8. The van der Waals surface area contributed by atoms with Gasteiger partial charge in [-0.05, 0) is 37.5 Å². The van der Waals surface area contributed by atoms with Gasteiger partial charge in [-0.2, -0.15) is 0 Å². The van der Waals surface area contributed by atoms with E-state index < -0.39 is 0 Å². The zero-order valence-electron chi connectivity index (χ0n) is 11.4. The first kappa shape index (κ1) is 12.7. The van der Waals surface area contributed by atoms with Crippen molar-refractivity contribution in [1.82, 2.24) is 20.2 Å². The van der Waals surface area contributed by atoms with E-state index in [9.17, 15) is 4.79 Å². The van der Waals surface area contributed by atoms with E-state index in [1.807, 2.05) is 35.9 Å². The number of imidazole rings is 1. The quantitative estimate of drug-likeness (QED) is 0.896. The highest BCUT2D eigenvalue weighted by molar-refractivity contribution is 5.75. The van der Waals surface area contributed by atoms with Crippen molar-refractivity contribution in [2.45, 2.75) is 31.8 Å². The van der Waals surface area contributed by atoms with E-state index in [-0.39, 0.29) is 12.1 Å². The molecule has 1 aromatic heterocycles. The fourth-order valence-corrected chi connectivity index (χ4v) is 2.10. The molecule has 1 fully saturated rings. The molecule has 3 rings (SSSR count). The minimum atomic E-state index is -0.0898. The number of nitrogens with one attached hydrogen (secondary N) is 2. The SMILES string of the molecule is CC(NC(=O)NC1CC1)c1cccc(-n2ccnc2)c1. The molecular weight excluding hydrogens is 252 g/mol. The number of carbonyl (C=O) groups is 1. The lowest BCUT2D eigenvalue weighted by atomic mass is 10.1. The minimum Gasteiger partial charge on any atom is -0.335 e. The molecule has 2 aromatic rings. The first-order chi connectivity index (χ1) is 9.72. The Labute approximate surface area is 118 Å². The lowest BCUT2D eigenvalue weighted by Gasteiger charge is -2.16. The summed E-state index contributed by atoms with van der Waals surface area (Å²) in [5.41, 5.74) is 2.11. The third-order valence-corrected chi connectivity index (χ3v) is 3.43. The number of hydrogen-bond acceptors (Lipinski definition) is 2. The van der Waals surface area contributed by atoms with Gasteiger partial charge in [-0.15, -0.1) is 0 Å². The van der Waals surface area contributed by atoms with E-state index >= 15 is 0 Å². The maximum Gasteiger partial charge on any atom is 0.315 e. The summed E-state index contributed by atoms with van der Waals surface area (Å²) in [6, 6.07) is 8.33. The van der Waals surface area contributed by atoms with E-state index in [4.69, 9.17) is 0 Å². The van der Waals surface area contributed by atoms with E-state index in [0.29, 0.717) is 6.04 Å². The third kappa shape index (κ3) is 2.99. The van der Waals surface area contributed by atoms with Crippen molar-refractivity contribution in [1.29, 1.82) is 0 Å². The number of rotatable bonds is 4. The second kappa shape index (κ2) is 5.36. The van der Waals surface area contributed by atoms with E-state index in [2.05, 4.69) is 21.7 Å². The molecule has 0 spiro atoms. The summed E-state index contributed by atoms with van der Waals surface area (Å²) in [5, 5.41) is 5.90. The molecule has 0 saturated heterocycles. The standard InChI is InChI=1S/C15H18N4O/c1-11(17-15(20)18-13-5-6-13)12-3-2-4-14(9-12)19-8-7-16-10-19/h2-4,7-11,13H,5-6H2,1H3,(H2,17,18,20). The van der Waals surface area contributed by atoms with Crippen LogP contribution in [0.5, 0.6) is 0 Å². The van der Waals surface area contributed by atoms with Gasteiger partial charge in [0.15, 0.2) is 0 Å². The number of nitrogens with zero attached hydrogens (tertiary/aromatic N) is 2. The summed E-state index contributed by atoms with van der Waals surface area (Å²) >= 11 is 0. The van der Waals surface area contributed by atoms with Crippen molar-refractivity contribution >= 4 is 6.03 Å². The van der Waals surface area contributed by atoms with Crippen LogP contribution in [0.15, 0.2) is 43.0 Å². The van der Waals surface area contributed by atoms with Crippen LogP contribution in [0.3, 0.4) is 0 Å². The molecule has 5 nitrogen and oxygen atoms in total. The summed E-state index contributed by atoms with van der Waals surface area (Å²) in [6.45, 7) is 1.99. The number of benzene rings is 1. The first-order valence-electron chi connectivity index (χ1n) is 6.88. The van der Waals surface area contributed by atoms with Crippen LogP contribution in [0.2, 0.25) is 0 Å². The lowest BCUT2D eigenvalue weighted by Crippen LogP contribution is -2.38. The average molecular weight is 270 g/mol. The Morgan fingerprint density at radius 3 is 3.00 bits per heavy atom. The first-order valence-corrected chi connectivity index (χ1v) is 6.88. The molecule has 0 bridgehead atoms. The van der Waals surface area contributed by atoms with Crippen LogP contribution < -0.4 is 10.6 Å². The van der Waals surface area contributed by atoms with Gasteiger partial charge in [0.05, 0.1) is 12.4 Å². The highest BCUT2D eigenvalue weighted by Gasteiger charge is 2.23. The van der Waals surface area contributed by atoms with Crippen LogP contribution in [-0.4, -0.2) is 21.6 Å². The Balaban J connectivity index is 1.69. The van der Waals surface area contributed by atoms with Gasteiger partial charge >= 0.3 is 6.03 Å². The van der Waals surface area contributed by atoms with E-state index in [1.165, 1.54) is 0 Å². The largest absolute Gasteiger partial charge is 0.335 e. The molecule has 1 saturated carbocycles. The monoisotopic (exact) mass is 270 g/mol. The average Bonchev–Trinajstić information content (AvgIpc) is 3.08. The van der Waals surface area contributed by atoms with Crippen LogP contribution in [0.4, 0.5) is 4.79 Å². The number of aromatic nitrogens is 2. The van der Waals surface area contributed by atoms with E-state index in [1.54, 1.807) is 12.5 Å². The number of amides is 2. The number of urea groups is 1. The zero-order valence-corrected chi connectivity index (χ0v) is 11.4. The molecule has 1 heterocycles. The van der Waals surface area contributed by atoms with Gasteiger partial charge < -0.3 is 15.2 Å². The highest BCUT2D eigenvalue weighted by Crippen LogP contribution is 2.19. The molecule has 1 aliphatic carbocycles. The molecule has 0 radical (unpaired) electrons. The maximum atomic E-state index is 11.8. The third-order valence-electron chi connectivity index (χ3n) is 3.43. The van der Waals surface area contributed by atoms with Crippen molar-refractivity contribution in [3.63, 3.8) is 0 Å². The topological polar surface area (TPSA) is 59.0 Å². The molecule has 2 amide bonds. The van der Waals surface area contributed by atoms with Crippen molar-refractivity contribution in [2.24, 2.45) is 0 Å². The molecule has 1 aliphatic rings. The molecule has 5 heteroatoms. The summed E-state index contributed by atoms with van der Waals surface area (Å²) in [5.74, 6) is 0. The van der Waals surface area contributed by atoms with E-state index in [0.717, 1.165) is 24.1 Å². The van der Waals surface area contributed by atoms with Crippen LogP contribution in [0.1, 0.15) is 31.4 Å². The van der Waals surface area contributed by atoms with Gasteiger partial charge in [0.1, 0.15) is 0 Å². The van der Waals surface area contributed by atoms with Crippen molar-refractivity contribution in [3.05, 3.63) is 48.5 Å². The lowest BCUT2D eigenvalue weighted by molar-refractivity contribution is 0.237. The van der Waals surface area contributed by atoms with Gasteiger partial charge in [0, 0.05) is 24.1 Å². The number of hydrogen-bond donors (Lipinski definition) is 2. The van der Waals surface area contributed by atoms with Gasteiger partial charge in [-0.3, -0.25) is 0 Å². The normalized spacial score (nSPS) is 15.7. The second-order valence-electron chi connectivity index (χ2n) is 5.18. The van der Waals surface area contributed by atoms with Gasteiger partial charge in [-0.25, -0.2) is 9.78 Å². The van der Waals surface area contributed by atoms with Gasteiger partial charge in [0.25, 0.3) is 0 Å². The molecule has 104 valence electrons. The summed E-state index contributed by atoms with van der Waals surface area (Å²) in [6.07, 6.45) is 7.60. The van der Waals surface area contributed by atoms with Crippen LogP contribution in [0, 0.1) is 0 Å². The fraction of sp³-hybridized carbons (Fsp3) is 0.333. The Bertz CT molecular complexity index is 590. The Morgan fingerprint density at radius 1 is 1.45 bits per heavy atom. The van der Waals surface area contributed by atoms with Crippen molar-refractivity contribution < 1.29 is 4.79 Å². The Morgan fingerprint density at radius 2 is 2.30 bits per heavy atom. The summed E-state index contributed by atoms with van der Waals surface area (Å²) in [4.78, 5) is 15.8. The number of carbonyl (C=O) groups excluding carboxylic acids is 1. The predicted molar refractivity (Wildman–Crippen MR) is 76.7 cm³/mol. The molecule has 1 atom stereocenters.